The van der Waals surface area contributed by atoms with Gasteiger partial charge in [0.1, 0.15) is 0 Å². The van der Waals surface area contributed by atoms with Crippen LogP contribution in [-0.2, 0) is 13.3 Å². The summed E-state index contributed by atoms with van der Waals surface area (Å²) in [6.07, 6.45) is 2.53. The van der Waals surface area contributed by atoms with Gasteiger partial charge in [0.25, 0.3) is 0 Å². The fourth-order valence-corrected chi connectivity index (χ4v) is 5.51. The molecule has 0 saturated carbocycles. The fourth-order valence-electron chi connectivity index (χ4n) is 2.92. The Balaban J connectivity index is 0. The average Bonchev–Trinajstić information content (AvgIpc) is 2.52. The lowest BCUT2D eigenvalue weighted by molar-refractivity contribution is -0.910. The van der Waals surface area contributed by atoms with Crippen LogP contribution in [0.4, 0.5) is 0 Å². The van der Waals surface area contributed by atoms with Crippen LogP contribution in [0.5, 0.6) is 0 Å². The van der Waals surface area contributed by atoms with Crippen molar-refractivity contribution in [2.45, 2.75) is 46.1 Å². The highest BCUT2D eigenvalue weighted by Gasteiger charge is 2.40. The topological polar surface area (TPSA) is 68.2 Å². The summed E-state index contributed by atoms with van der Waals surface area (Å²) in [6, 6.07) is 0.814. The largest absolute Gasteiger partial charge is 1.00 e. The van der Waals surface area contributed by atoms with E-state index in [9.17, 15) is 0 Å². The Labute approximate surface area is 155 Å². The van der Waals surface area contributed by atoms with Gasteiger partial charge in [0, 0.05) is 58.3 Å². The summed E-state index contributed by atoms with van der Waals surface area (Å²) in [7, 11) is -0.376. The van der Waals surface area contributed by atoms with Crippen LogP contribution in [0, 0.1) is 0 Å². The molecule has 0 radical (unpaired) electrons. The second-order valence-electron chi connectivity index (χ2n) is 6.03. The molecule has 0 aromatic rings. The summed E-state index contributed by atoms with van der Waals surface area (Å²) in [5, 5.41) is 18.2. The van der Waals surface area contributed by atoms with Gasteiger partial charge in [-0.05, 0) is 20.8 Å². The van der Waals surface area contributed by atoms with Gasteiger partial charge in [0.05, 0.1) is 26.7 Å². The monoisotopic (exact) mass is 387 g/mol. The molecule has 0 saturated heterocycles. The number of rotatable bonds is 16. The molecule has 0 spiro atoms. The lowest BCUT2D eigenvalue weighted by Crippen LogP contribution is -3.00. The van der Waals surface area contributed by atoms with Crippen molar-refractivity contribution in [3.8, 4) is 0 Å². The quantitative estimate of drug-likeness (QED) is 0.253. The van der Waals surface area contributed by atoms with E-state index in [0.29, 0.717) is 19.8 Å². The minimum atomic E-state index is -2.57. The minimum absolute atomic E-state index is 0. The first-order valence-corrected chi connectivity index (χ1v) is 10.9. The summed E-state index contributed by atoms with van der Waals surface area (Å²) in [5.74, 6) is 0. The smallest absolute Gasteiger partial charge is 0.501 e. The molecule has 0 aromatic carbocycles. The predicted octanol–water partition coefficient (Wildman–Crippen LogP) is -1.36. The van der Waals surface area contributed by atoms with Crippen molar-refractivity contribution in [2.24, 2.45) is 0 Å². The predicted molar refractivity (Wildman–Crippen MR) is 94.2 cm³/mol. The first-order valence-electron chi connectivity index (χ1n) is 8.98. The van der Waals surface area contributed by atoms with E-state index in [4.69, 9.17) is 23.5 Å². The SMILES string of the molecule is CCO[Si](CCC[N+](C)(CCCO)CCCO)(OCC)OCC.[Cl-]. The normalized spacial score (nSPS) is 12.2. The van der Waals surface area contributed by atoms with Gasteiger partial charge >= 0.3 is 8.80 Å². The van der Waals surface area contributed by atoms with Crippen LogP contribution in [0.25, 0.3) is 0 Å². The van der Waals surface area contributed by atoms with Gasteiger partial charge in [-0.25, -0.2) is 0 Å². The maximum absolute atomic E-state index is 9.11. The van der Waals surface area contributed by atoms with E-state index in [-0.39, 0.29) is 25.6 Å². The number of quaternary nitrogens is 1. The number of hydrogen-bond donors (Lipinski definition) is 2. The molecule has 6 nitrogen and oxygen atoms in total. The molecule has 0 heterocycles. The van der Waals surface area contributed by atoms with Crippen molar-refractivity contribution in [1.82, 2.24) is 0 Å². The molecular weight excluding hydrogens is 350 g/mol. The molecule has 0 aliphatic heterocycles. The molecule has 8 heteroatoms. The maximum atomic E-state index is 9.11. The van der Waals surface area contributed by atoms with E-state index < -0.39 is 8.80 Å². The molecule has 0 aromatic heterocycles. The average molecular weight is 388 g/mol. The Bertz CT molecular complexity index is 262. The molecule has 0 atom stereocenters. The Morgan fingerprint density at radius 1 is 0.750 bits per heavy atom. The zero-order chi connectivity index (χ0) is 17.6. The van der Waals surface area contributed by atoms with Crippen LogP contribution in [-0.4, -0.2) is 83.2 Å². The fraction of sp³-hybridized carbons (Fsp3) is 1.00. The van der Waals surface area contributed by atoms with Crippen molar-refractivity contribution in [3.05, 3.63) is 0 Å². The van der Waals surface area contributed by atoms with Crippen LogP contribution >= 0.6 is 0 Å². The van der Waals surface area contributed by atoms with Gasteiger partial charge in [-0.3, -0.25) is 0 Å². The molecule has 0 unspecified atom stereocenters. The third-order valence-electron chi connectivity index (χ3n) is 3.99. The van der Waals surface area contributed by atoms with E-state index in [2.05, 4.69) is 7.05 Å². The zero-order valence-electron chi connectivity index (χ0n) is 15.9. The summed E-state index contributed by atoms with van der Waals surface area (Å²) in [5.41, 5.74) is 0. The molecule has 2 N–H and O–H groups in total. The van der Waals surface area contributed by atoms with Gasteiger partial charge in [-0.1, -0.05) is 0 Å². The van der Waals surface area contributed by atoms with Crippen LogP contribution in [0.1, 0.15) is 40.0 Å². The highest BCUT2D eigenvalue weighted by molar-refractivity contribution is 6.60. The standard InChI is InChI=1S/C16H38NO5Si.ClH/c1-5-20-23(21-6-2,22-7-3)16-10-13-17(4,11-8-14-18)12-9-15-19;/h18-19H,5-16H2,1-4H3;1H/q+1;/p-1. The summed E-state index contributed by atoms with van der Waals surface area (Å²) in [4.78, 5) is 0. The highest BCUT2D eigenvalue weighted by atomic mass is 35.5. The van der Waals surface area contributed by atoms with Crippen LogP contribution in [0.3, 0.4) is 0 Å². The van der Waals surface area contributed by atoms with E-state index in [1.807, 2.05) is 20.8 Å². The van der Waals surface area contributed by atoms with Crippen LogP contribution < -0.4 is 12.4 Å². The molecular formula is C16H38ClNO5Si. The Hall–Kier alpha value is 0.267. The third-order valence-corrected chi connectivity index (χ3v) is 7.14. The summed E-state index contributed by atoms with van der Waals surface area (Å²) >= 11 is 0. The molecule has 0 aliphatic rings. The zero-order valence-corrected chi connectivity index (χ0v) is 17.7. The summed E-state index contributed by atoms with van der Waals surface area (Å²) in [6.45, 7) is 11.0. The van der Waals surface area contributed by atoms with Gasteiger partial charge in [-0.2, -0.15) is 0 Å². The first kappa shape index (κ1) is 26.5. The lowest BCUT2D eigenvalue weighted by atomic mass is 10.2. The molecule has 24 heavy (non-hydrogen) atoms. The Morgan fingerprint density at radius 2 is 1.12 bits per heavy atom. The molecule has 0 aliphatic carbocycles. The van der Waals surface area contributed by atoms with Gasteiger partial charge in [0.2, 0.25) is 0 Å². The van der Waals surface area contributed by atoms with E-state index in [1.54, 1.807) is 0 Å². The molecule has 148 valence electrons. The number of aliphatic hydroxyl groups excluding tert-OH is 2. The van der Waals surface area contributed by atoms with Gasteiger partial charge < -0.3 is 40.4 Å². The molecule has 0 amide bonds. The van der Waals surface area contributed by atoms with Crippen molar-refractivity contribution >= 4 is 8.80 Å². The number of nitrogens with zero attached hydrogens (tertiary/aromatic N) is 1. The molecule has 0 fully saturated rings. The second-order valence-corrected chi connectivity index (χ2v) is 8.76. The van der Waals surface area contributed by atoms with Crippen LogP contribution in [0.2, 0.25) is 6.04 Å². The van der Waals surface area contributed by atoms with Crippen molar-refractivity contribution in [1.29, 1.82) is 0 Å². The van der Waals surface area contributed by atoms with Crippen molar-refractivity contribution in [2.75, 3.05) is 59.7 Å². The summed E-state index contributed by atoms with van der Waals surface area (Å²) < 4.78 is 18.5. The van der Waals surface area contributed by atoms with E-state index in [1.165, 1.54) is 0 Å². The second kappa shape index (κ2) is 15.5. The molecule has 0 bridgehead atoms. The van der Waals surface area contributed by atoms with Crippen LogP contribution in [0.15, 0.2) is 0 Å². The minimum Gasteiger partial charge on any atom is -1.00 e. The third kappa shape index (κ3) is 11.0. The van der Waals surface area contributed by atoms with Gasteiger partial charge in [-0.15, -0.1) is 0 Å². The highest BCUT2D eigenvalue weighted by Crippen LogP contribution is 2.20. The number of halogens is 1. The van der Waals surface area contributed by atoms with E-state index in [0.717, 1.165) is 49.4 Å². The first-order chi connectivity index (χ1) is 11.0. The lowest BCUT2D eigenvalue weighted by Gasteiger charge is -2.36. The Kier molecular flexibility index (Phi) is 17.1. The molecule has 0 rings (SSSR count). The maximum Gasteiger partial charge on any atom is 0.501 e. The van der Waals surface area contributed by atoms with Crippen molar-refractivity contribution < 1.29 is 40.4 Å². The number of hydrogen-bond acceptors (Lipinski definition) is 5. The Morgan fingerprint density at radius 3 is 1.46 bits per heavy atom. The number of aliphatic hydroxyl groups is 2. The van der Waals surface area contributed by atoms with Crippen molar-refractivity contribution in [3.63, 3.8) is 0 Å². The van der Waals surface area contributed by atoms with E-state index >= 15 is 0 Å². The van der Waals surface area contributed by atoms with Gasteiger partial charge in [0.15, 0.2) is 0 Å².